The molecule has 0 atom stereocenters. The first-order valence-corrected chi connectivity index (χ1v) is 8.78. The lowest BCUT2D eigenvalue weighted by molar-refractivity contribution is 0.0793. The molecule has 0 saturated carbocycles. The standard InChI is InChI=1S/C20H23N3O4/c1-12-17-14(9-7-11-16(17)27-18(12)20(25)23(2)3)21-22-19(24)13-8-5-6-10-15(13)26-4/h5-6,8,10H,7,9,11H2,1-4H3,(H,22,24)/b21-14+. The highest BCUT2D eigenvalue weighted by atomic mass is 16.5. The lowest BCUT2D eigenvalue weighted by atomic mass is 9.93. The molecule has 0 spiro atoms. The van der Waals surface area contributed by atoms with Crippen LogP contribution < -0.4 is 10.2 Å². The number of carbonyl (C=O) groups excluding carboxylic acids is 2. The van der Waals surface area contributed by atoms with Gasteiger partial charge in [0.15, 0.2) is 5.76 Å². The predicted molar refractivity (Wildman–Crippen MR) is 101 cm³/mol. The zero-order chi connectivity index (χ0) is 19.6. The highest BCUT2D eigenvalue weighted by molar-refractivity contribution is 6.07. The summed E-state index contributed by atoms with van der Waals surface area (Å²) in [5.74, 6) is 1.03. The molecule has 7 nitrogen and oxygen atoms in total. The average molecular weight is 369 g/mol. The minimum Gasteiger partial charge on any atom is -0.496 e. The van der Waals surface area contributed by atoms with Gasteiger partial charge < -0.3 is 14.1 Å². The van der Waals surface area contributed by atoms with Crippen molar-refractivity contribution in [1.29, 1.82) is 0 Å². The third kappa shape index (κ3) is 3.58. The van der Waals surface area contributed by atoms with Gasteiger partial charge in [-0.25, -0.2) is 5.43 Å². The number of aryl methyl sites for hydroxylation is 1. The van der Waals surface area contributed by atoms with E-state index in [-0.39, 0.29) is 11.8 Å². The molecule has 0 unspecified atom stereocenters. The molecule has 2 aromatic rings. The first-order valence-electron chi connectivity index (χ1n) is 8.78. The number of furan rings is 1. The van der Waals surface area contributed by atoms with Gasteiger partial charge >= 0.3 is 0 Å². The first kappa shape index (κ1) is 18.7. The molecule has 0 bridgehead atoms. The van der Waals surface area contributed by atoms with Crippen LogP contribution in [0.2, 0.25) is 0 Å². The Morgan fingerprint density at radius 1 is 1.22 bits per heavy atom. The molecule has 0 aliphatic heterocycles. The molecule has 2 amide bonds. The molecule has 27 heavy (non-hydrogen) atoms. The SMILES string of the molecule is COc1ccccc1C(=O)N/N=C1\CCCc2oc(C(=O)N(C)C)c(C)c21. The Bertz CT molecular complexity index is 912. The molecular weight excluding hydrogens is 346 g/mol. The Balaban J connectivity index is 1.89. The van der Waals surface area contributed by atoms with Gasteiger partial charge in [-0.05, 0) is 31.9 Å². The van der Waals surface area contributed by atoms with Gasteiger partial charge in [-0.2, -0.15) is 5.10 Å². The summed E-state index contributed by atoms with van der Waals surface area (Å²) < 4.78 is 11.0. The molecule has 0 saturated heterocycles. The maximum Gasteiger partial charge on any atom is 0.289 e. The van der Waals surface area contributed by atoms with Crippen molar-refractivity contribution in [2.45, 2.75) is 26.2 Å². The summed E-state index contributed by atoms with van der Waals surface area (Å²) in [7, 11) is 4.89. The Morgan fingerprint density at radius 3 is 2.67 bits per heavy atom. The van der Waals surface area contributed by atoms with Gasteiger partial charge in [0.1, 0.15) is 11.5 Å². The molecule has 0 radical (unpaired) electrons. The lowest BCUT2D eigenvalue weighted by Crippen LogP contribution is -2.23. The summed E-state index contributed by atoms with van der Waals surface area (Å²) in [6, 6.07) is 6.97. The van der Waals surface area contributed by atoms with Crippen LogP contribution in [-0.4, -0.2) is 43.6 Å². The quantitative estimate of drug-likeness (QED) is 0.840. The van der Waals surface area contributed by atoms with Crippen molar-refractivity contribution in [2.24, 2.45) is 5.10 Å². The van der Waals surface area contributed by atoms with Gasteiger partial charge in [0.25, 0.3) is 11.8 Å². The number of nitrogens with zero attached hydrogens (tertiary/aromatic N) is 2. The minimum absolute atomic E-state index is 0.181. The summed E-state index contributed by atoms with van der Waals surface area (Å²) in [5.41, 5.74) is 5.32. The number of hydrogen-bond acceptors (Lipinski definition) is 5. The fourth-order valence-electron chi connectivity index (χ4n) is 3.20. The van der Waals surface area contributed by atoms with E-state index in [9.17, 15) is 9.59 Å². The predicted octanol–water partition coefficient (Wildman–Crippen LogP) is 2.77. The van der Waals surface area contributed by atoms with E-state index in [1.807, 2.05) is 6.92 Å². The van der Waals surface area contributed by atoms with Crippen molar-refractivity contribution < 1.29 is 18.7 Å². The summed E-state index contributed by atoms with van der Waals surface area (Å²) in [6.45, 7) is 1.85. The molecular formula is C20H23N3O4. The van der Waals surface area contributed by atoms with Crippen LogP contribution in [0.25, 0.3) is 0 Å². The summed E-state index contributed by atoms with van der Waals surface area (Å²) >= 11 is 0. The number of ether oxygens (including phenoxy) is 1. The maximum atomic E-state index is 12.5. The van der Waals surface area contributed by atoms with Gasteiger partial charge in [0.05, 0.1) is 18.4 Å². The number of nitrogens with one attached hydrogen (secondary N) is 1. The number of benzene rings is 1. The second-order valence-electron chi connectivity index (χ2n) is 6.61. The number of amides is 2. The zero-order valence-corrected chi connectivity index (χ0v) is 16.0. The molecule has 1 aliphatic rings. The molecule has 7 heteroatoms. The van der Waals surface area contributed by atoms with Crippen LogP contribution in [0.1, 0.15) is 50.6 Å². The summed E-state index contributed by atoms with van der Waals surface area (Å²) in [4.78, 5) is 26.3. The Hall–Kier alpha value is -3.09. The Morgan fingerprint density at radius 2 is 1.96 bits per heavy atom. The second kappa shape index (κ2) is 7.65. The van der Waals surface area contributed by atoms with Gasteiger partial charge in [-0.15, -0.1) is 0 Å². The monoisotopic (exact) mass is 369 g/mol. The van der Waals surface area contributed by atoms with Crippen LogP contribution in [-0.2, 0) is 6.42 Å². The van der Waals surface area contributed by atoms with E-state index in [1.54, 1.807) is 38.4 Å². The molecule has 1 heterocycles. The van der Waals surface area contributed by atoms with E-state index in [2.05, 4.69) is 10.5 Å². The molecule has 0 fully saturated rings. The third-order valence-electron chi connectivity index (χ3n) is 4.57. The van der Waals surface area contributed by atoms with Gasteiger partial charge in [-0.3, -0.25) is 9.59 Å². The molecule has 1 aromatic heterocycles. The summed E-state index contributed by atoms with van der Waals surface area (Å²) in [5, 5.41) is 4.33. The molecule has 1 N–H and O–H groups in total. The van der Waals surface area contributed by atoms with E-state index in [0.29, 0.717) is 23.5 Å². The highest BCUT2D eigenvalue weighted by Gasteiger charge is 2.28. The number of rotatable bonds is 4. The normalized spacial score (nSPS) is 14.6. The highest BCUT2D eigenvalue weighted by Crippen LogP contribution is 2.30. The Kier molecular flexibility index (Phi) is 5.30. The van der Waals surface area contributed by atoms with Crippen molar-refractivity contribution in [3.05, 3.63) is 52.5 Å². The smallest absolute Gasteiger partial charge is 0.289 e. The molecule has 3 rings (SSSR count). The van der Waals surface area contributed by atoms with Gasteiger partial charge in [0, 0.05) is 31.6 Å². The number of hydrazone groups is 1. The maximum absolute atomic E-state index is 12.5. The van der Waals surface area contributed by atoms with Crippen molar-refractivity contribution in [2.75, 3.05) is 21.2 Å². The van der Waals surface area contributed by atoms with Crippen LogP contribution in [0.4, 0.5) is 0 Å². The number of fused-ring (bicyclic) bond motifs is 1. The second-order valence-corrected chi connectivity index (χ2v) is 6.61. The van der Waals surface area contributed by atoms with E-state index >= 15 is 0 Å². The largest absolute Gasteiger partial charge is 0.496 e. The van der Waals surface area contributed by atoms with Gasteiger partial charge in [0.2, 0.25) is 0 Å². The van der Waals surface area contributed by atoms with Crippen molar-refractivity contribution in [1.82, 2.24) is 10.3 Å². The first-order chi connectivity index (χ1) is 12.9. The zero-order valence-electron chi connectivity index (χ0n) is 16.0. The van der Waals surface area contributed by atoms with Crippen molar-refractivity contribution in [3.8, 4) is 5.75 Å². The topological polar surface area (TPSA) is 84.1 Å². The molecule has 1 aliphatic carbocycles. The van der Waals surface area contributed by atoms with Crippen molar-refractivity contribution >= 4 is 17.5 Å². The fourth-order valence-corrected chi connectivity index (χ4v) is 3.20. The van der Waals surface area contributed by atoms with E-state index < -0.39 is 0 Å². The minimum atomic E-state index is -0.349. The number of hydrogen-bond donors (Lipinski definition) is 1. The molecule has 1 aromatic carbocycles. The fraction of sp³-hybridized carbons (Fsp3) is 0.350. The third-order valence-corrected chi connectivity index (χ3v) is 4.57. The van der Waals surface area contributed by atoms with Crippen LogP contribution in [0.5, 0.6) is 5.75 Å². The number of para-hydroxylation sites is 1. The van der Waals surface area contributed by atoms with E-state index in [1.165, 1.54) is 12.0 Å². The van der Waals surface area contributed by atoms with Crippen LogP contribution in [0, 0.1) is 6.92 Å². The van der Waals surface area contributed by atoms with E-state index in [4.69, 9.17) is 9.15 Å². The Labute approximate surface area is 158 Å². The number of methoxy groups -OCH3 is 1. The number of carbonyl (C=O) groups is 2. The van der Waals surface area contributed by atoms with E-state index in [0.717, 1.165) is 35.4 Å². The van der Waals surface area contributed by atoms with Crippen LogP contribution in [0.15, 0.2) is 33.8 Å². The van der Waals surface area contributed by atoms with Crippen LogP contribution >= 0.6 is 0 Å². The van der Waals surface area contributed by atoms with Crippen LogP contribution in [0.3, 0.4) is 0 Å². The van der Waals surface area contributed by atoms with Crippen molar-refractivity contribution in [3.63, 3.8) is 0 Å². The van der Waals surface area contributed by atoms with Gasteiger partial charge in [-0.1, -0.05) is 12.1 Å². The molecule has 142 valence electrons. The average Bonchev–Trinajstić information content (AvgIpc) is 3.02. The summed E-state index contributed by atoms with van der Waals surface area (Å²) in [6.07, 6.45) is 2.30. The lowest BCUT2D eigenvalue weighted by Gasteiger charge is -2.14.